The molecule has 0 aromatic heterocycles. The quantitative estimate of drug-likeness (QED) is 0.324. The maximum absolute atomic E-state index is 13.0. The number of halogens is 3. The number of rotatable bonds is 9. The molecule has 10 heteroatoms. The van der Waals surface area contributed by atoms with E-state index < -0.39 is 15.9 Å². The zero-order valence-electron chi connectivity index (χ0n) is 19.4. The second-order valence-corrected chi connectivity index (χ2v) is 11.4. The first kappa shape index (κ1) is 27.5. The van der Waals surface area contributed by atoms with Crippen molar-refractivity contribution >= 4 is 55.1 Å². The Hall–Kier alpha value is -2.10. The molecular formula is C25H25BrCl2N2O4S. The Kier molecular flexibility index (Phi) is 9.23. The lowest BCUT2D eigenvalue weighted by molar-refractivity contribution is 0.0954. The van der Waals surface area contributed by atoms with Crippen LogP contribution < -0.4 is 14.8 Å². The van der Waals surface area contributed by atoms with E-state index in [-0.39, 0.29) is 27.0 Å². The Labute approximate surface area is 224 Å². The maximum Gasteiger partial charge on any atom is 0.252 e. The summed E-state index contributed by atoms with van der Waals surface area (Å²) >= 11 is 15.9. The van der Waals surface area contributed by atoms with Crippen LogP contribution in [-0.2, 0) is 23.0 Å². The van der Waals surface area contributed by atoms with Crippen molar-refractivity contribution in [3.8, 4) is 5.75 Å². The van der Waals surface area contributed by atoms with Crippen LogP contribution >= 0.6 is 39.1 Å². The first-order valence-corrected chi connectivity index (χ1v) is 13.7. The molecule has 186 valence electrons. The van der Waals surface area contributed by atoms with Gasteiger partial charge < -0.3 is 10.1 Å². The zero-order valence-corrected chi connectivity index (χ0v) is 23.3. The Morgan fingerprint density at radius 1 is 1.03 bits per heavy atom. The molecule has 6 nitrogen and oxygen atoms in total. The summed E-state index contributed by atoms with van der Waals surface area (Å²) in [5.74, 6) is 0.0639. The lowest BCUT2D eigenvalue weighted by atomic mass is 10.00. The predicted molar refractivity (Wildman–Crippen MR) is 143 cm³/mol. The number of nitrogens with one attached hydrogen (secondary N) is 2. The first-order chi connectivity index (χ1) is 16.5. The molecule has 0 saturated heterocycles. The molecule has 0 aliphatic carbocycles. The Morgan fingerprint density at radius 2 is 1.69 bits per heavy atom. The van der Waals surface area contributed by atoms with Gasteiger partial charge in [-0.3, -0.25) is 4.79 Å². The van der Waals surface area contributed by atoms with Gasteiger partial charge in [-0.25, -0.2) is 13.1 Å². The van der Waals surface area contributed by atoms with Gasteiger partial charge >= 0.3 is 0 Å². The monoisotopic (exact) mass is 598 g/mol. The van der Waals surface area contributed by atoms with Crippen LogP contribution in [0.5, 0.6) is 5.75 Å². The number of carbonyl (C=O) groups excluding carboxylic acids is 1. The normalized spacial score (nSPS) is 11.4. The van der Waals surface area contributed by atoms with E-state index in [9.17, 15) is 13.2 Å². The second-order valence-electron chi connectivity index (χ2n) is 7.92. The number of carbonyl (C=O) groups is 1. The average molecular weight is 600 g/mol. The summed E-state index contributed by atoms with van der Waals surface area (Å²) in [5, 5.41) is 2.80. The highest BCUT2D eigenvalue weighted by Crippen LogP contribution is 2.29. The Morgan fingerprint density at radius 3 is 2.34 bits per heavy atom. The summed E-state index contributed by atoms with van der Waals surface area (Å²) in [4.78, 5) is 12.6. The molecule has 0 radical (unpaired) electrons. The SMILES string of the molecule is COc1ccccc1CNS(=O)(=O)c1cc(C(=O)NCCc2c(C)cc(Br)cc2C)c(Cl)cc1Cl. The molecular weight excluding hydrogens is 575 g/mol. The molecule has 0 saturated carbocycles. The third-order valence-electron chi connectivity index (χ3n) is 5.52. The van der Waals surface area contributed by atoms with Crippen LogP contribution in [0.3, 0.4) is 0 Å². The molecule has 3 aromatic carbocycles. The van der Waals surface area contributed by atoms with Crippen LogP contribution in [0, 0.1) is 13.8 Å². The van der Waals surface area contributed by atoms with Crippen LogP contribution in [0.15, 0.2) is 57.9 Å². The van der Waals surface area contributed by atoms with Gasteiger partial charge in [-0.15, -0.1) is 0 Å². The van der Waals surface area contributed by atoms with Crippen LogP contribution in [0.2, 0.25) is 10.0 Å². The number of methoxy groups -OCH3 is 1. The van der Waals surface area contributed by atoms with Crippen molar-refractivity contribution in [1.29, 1.82) is 0 Å². The number of para-hydroxylation sites is 1. The van der Waals surface area contributed by atoms with Crippen molar-refractivity contribution in [2.24, 2.45) is 0 Å². The molecule has 0 aliphatic heterocycles. The molecule has 3 aromatic rings. The molecule has 0 atom stereocenters. The Bertz CT molecular complexity index is 1340. The number of hydrogen-bond donors (Lipinski definition) is 2. The standard InChI is InChI=1S/C25H25BrCl2N2O4S/c1-15-10-18(26)11-16(2)19(15)8-9-29-25(31)20-12-24(22(28)13-21(20)27)35(32,33)30-14-17-6-4-5-7-23(17)34-3/h4-7,10-13,30H,8-9,14H2,1-3H3,(H,29,31). The second kappa shape index (κ2) is 11.8. The van der Waals surface area contributed by atoms with Gasteiger partial charge in [0.15, 0.2) is 0 Å². The van der Waals surface area contributed by atoms with Gasteiger partial charge in [0.05, 0.1) is 22.7 Å². The number of amides is 1. The molecule has 0 spiro atoms. The lowest BCUT2D eigenvalue weighted by Crippen LogP contribution is -2.28. The third kappa shape index (κ3) is 6.77. The highest BCUT2D eigenvalue weighted by Gasteiger charge is 2.23. The van der Waals surface area contributed by atoms with Crippen molar-refractivity contribution in [1.82, 2.24) is 10.0 Å². The molecule has 1 amide bonds. The fourth-order valence-electron chi connectivity index (χ4n) is 3.74. The van der Waals surface area contributed by atoms with E-state index in [0.717, 1.165) is 21.2 Å². The molecule has 0 unspecified atom stereocenters. The van der Waals surface area contributed by atoms with Crippen LogP contribution in [0.4, 0.5) is 0 Å². The van der Waals surface area contributed by atoms with E-state index in [0.29, 0.717) is 24.3 Å². The third-order valence-corrected chi connectivity index (χ3v) is 8.16. The van der Waals surface area contributed by atoms with E-state index in [1.54, 1.807) is 24.3 Å². The van der Waals surface area contributed by atoms with E-state index in [1.165, 1.54) is 19.2 Å². The van der Waals surface area contributed by atoms with Gasteiger partial charge in [-0.2, -0.15) is 0 Å². The predicted octanol–water partition coefficient (Wildman–Crippen LogP) is 5.83. The van der Waals surface area contributed by atoms with E-state index in [4.69, 9.17) is 27.9 Å². The number of benzene rings is 3. The van der Waals surface area contributed by atoms with Crippen molar-refractivity contribution < 1.29 is 17.9 Å². The van der Waals surface area contributed by atoms with Gasteiger partial charge in [0, 0.05) is 23.1 Å². The molecule has 0 aliphatic rings. The summed E-state index contributed by atoms with van der Waals surface area (Å²) < 4.78 is 34.8. The fraction of sp³-hybridized carbons (Fsp3) is 0.240. The molecule has 3 rings (SSSR count). The van der Waals surface area contributed by atoms with Crippen LogP contribution in [0.1, 0.15) is 32.6 Å². The number of sulfonamides is 1. The smallest absolute Gasteiger partial charge is 0.252 e. The fourth-order valence-corrected chi connectivity index (χ4v) is 6.29. The van der Waals surface area contributed by atoms with Gasteiger partial charge in [0.1, 0.15) is 10.6 Å². The van der Waals surface area contributed by atoms with E-state index in [1.807, 2.05) is 26.0 Å². The largest absolute Gasteiger partial charge is 0.496 e. The van der Waals surface area contributed by atoms with Crippen molar-refractivity contribution in [2.45, 2.75) is 31.7 Å². The number of ether oxygens (including phenoxy) is 1. The molecule has 0 fully saturated rings. The summed E-state index contributed by atoms with van der Waals surface area (Å²) in [6.07, 6.45) is 0.619. The minimum atomic E-state index is -4.05. The minimum absolute atomic E-state index is 0.0152. The van der Waals surface area contributed by atoms with Crippen LogP contribution in [0.25, 0.3) is 0 Å². The number of hydrogen-bond acceptors (Lipinski definition) is 4. The van der Waals surface area contributed by atoms with Gasteiger partial charge in [-0.05, 0) is 67.3 Å². The molecule has 0 heterocycles. The summed E-state index contributed by atoms with van der Waals surface area (Å²) in [7, 11) is -2.54. The highest BCUT2D eigenvalue weighted by atomic mass is 79.9. The van der Waals surface area contributed by atoms with Gasteiger partial charge in [0.25, 0.3) is 5.91 Å². The van der Waals surface area contributed by atoms with E-state index in [2.05, 4.69) is 26.0 Å². The van der Waals surface area contributed by atoms with Crippen molar-refractivity contribution in [2.75, 3.05) is 13.7 Å². The topological polar surface area (TPSA) is 84.5 Å². The zero-order chi connectivity index (χ0) is 25.8. The molecule has 35 heavy (non-hydrogen) atoms. The lowest BCUT2D eigenvalue weighted by Gasteiger charge is -2.14. The summed E-state index contributed by atoms with van der Waals surface area (Å²) in [6, 6.07) is 13.6. The van der Waals surface area contributed by atoms with Crippen molar-refractivity contribution in [3.63, 3.8) is 0 Å². The highest BCUT2D eigenvalue weighted by molar-refractivity contribution is 9.10. The maximum atomic E-state index is 13.0. The van der Waals surface area contributed by atoms with Crippen molar-refractivity contribution in [3.05, 3.63) is 90.9 Å². The summed E-state index contributed by atoms with van der Waals surface area (Å²) in [5.41, 5.74) is 4.05. The molecule has 2 N–H and O–H groups in total. The minimum Gasteiger partial charge on any atom is -0.496 e. The first-order valence-electron chi connectivity index (χ1n) is 10.7. The Balaban J connectivity index is 1.76. The average Bonchev–Trinajstić information content (AvgIpc) is 2.79. The summed E-state index contributed by atoms with van der Waals surface area (Å²) in [6.45, 7) is 4.37. The molecule has 0 bridgehead atoms. The van der Waals surface area contributed by atoms with E-state index >= 15 is 0 Å². The number of aryl methyl sites for hydroxylation is 2. The van der Waals surface area contributed by atoms with Crippen LogP contribution in [-0.4, -0.2) is 28.0 Å². The van der Waals surface area contributed by atoms with Gasteiger partial charge in [0.2, 0.25) is 10.0 Å². The van der Waals surface area contributed by atoms with Gasteiger partial charge in [-0.1, -0.05) is 57.3 Å².